The van der Waals surface area contributed by atoms with E-state index in [1.807, 2.05) is 0 Å². The first-order chi connectivity index (χ1) is 7.62. The summed E-state index contributed by atoms with van der Waals surface area (Å²) < 4.78 is 29.7. The second-order valence-electron chi connectivity index (χ2n) is 2.32. The van der Waals surface area contributed by atoms with Crippen molar-refractivity contribution in [2.24, 2.45) is 0 Å². The van der Waals surface area contributed by atoms with Crippen molar-refractivity contribution in [3.05, 3.63) is 44.0 Å². The van der Waals surface area contributed by atoms with Crippen LogP contribution in [0.4, 0.5) is 0 Å². The van der Waals surface area contributed by atoms with Crippen molar-refractivity contribution in [1.29, 1.82) is 0 Å². The van der Waals surface area contributed by atoms with Crippen LogP contribution in [-0.4, -0.2) is 31.6 Å². The Kier molecular flexibility index (Phi) is 8.04. The molecule has 0 radical (unpaired) electrons. The fraction of sp³-hybridized carbons (Fsp3) is 0.222. The molecule has 0 spiro atoms. The number of aromatic amines is 1. The van der Waals surface area contributed by atoms with Crippen LogP contribution in [-0.2, 0) is 18.8 Å². The van der Waals surface area contributed by atoms with Crippen LogP contribution in [0.2, 0.25) is 0 Å². The van der Waals surface area contributed by atoms with Gasteiger partial charge >= 0.3 is 10.4 Å². The Morgan fingerprint density at radius 2 is 1.81 bits per heavy atom. The minimum Gasteiger partial charge on any atom is -0.351 e. The van der Waals surface area contributed by atoms with Gasteiger partial charge in [0.25, 0.3) is 0 Å². The molecule has 0 saturated carbocycles. The maximum absolute atomic E-state index is 10.6. The van der Waals surface area contributed by atoms with E-state index >= 15 is 0 Å². The molecule has 90 valence electrons. The normalized spacial score (nSPS) is 10.0. The molecule has 1 heterocycles. The number of H-pyrrole nitrogens is 1. The smallest absolute Gasteiger partial charge is 0.351 e. The van der Waals surface area contributed by atoms with Gasteiger partial charge in [0.15, 0.2) is 0 Å². The highest BCUT2D eigenvalue weighted by atomic mass is 32.3. The summed E-state index contributed by atoms with van der Waals surface area (Å²) in [5, 5.41) is 0. The van der Waals surface area contributed by atoms with Gasteiger partial charge in [-0.1, -0.05) is 12.2 Å². The molecule has 0 atom stereocenters. The first-order valence-electron chi connectivity index (χ1n) is 4.30. The van der Waals surface area contributed by atoms with E-state index < -0.39 is 10.4 Å². The zero-order valence-corrected chi connectivity index (χ0v) is 9.52. The number of aromatic nitrogens is 2. The van der Waals surface area contributed by atoms with Gasteiger partial charge in [-0.3, -0.25) is 0 Å². The van der Waals surface area contributed by atoms with Crippen LogP contribution in [0.25, 0.3) is 0 Å². The van der Waals surface area contributed by atoms with Crippen molar-refractivity contribution < 1.29 is 16.8 Å². The van der Waals surface area contributed by atoms with Gasteiger partial charge in [0.05, 0.1) is 19.5 Å². The molecule has 1 N–H and O–H groups in total. The monoisotopic (exact) mass is 246 g/mol. The molecule has 16 heavy (non-hydrogen) atoms. The molecule has 1 rings (SSSR count). The first kappa shape index (κ1) is 14.6. The summed E-state index contributed by atoms with van der Waals surface area (Å²) in [6, 6.07) is 0. The van der Waals surface area contributed by atoms with E-state index in [9.17, 15) is 8.42 Å². The van der Waals surface area contributed by atoms with Crippen LogP contribution >= 0.6 is 0 Å². The third kappa shape index (κ3) is 9.13. The molecule has 0 aromatic carbocycles. The highest BCUT2D eigenvalue weighted by Crippen LogP contribution is 1.94. The minimum absolute atomic E-state index is 0.0839. The molecule has 0 aliphatic rings. The van der Waals surface area contributed by atoms with E-state index in [1.165, 1.54) is 12.2 Å². The molecule has 1 aromatic heterocycles. The molecule has 0 saturated heterocycles. The zero-order valence-electron chi connectivity index (χ0n) is 8.70. The maximum Gasteiger partial charge on any atom is 0.400 e. The standard InChI is InChI=1S/C6H10O4S.C3H4N2/c1-3-5-9-11(7,8)10-6-4-2;1-2-5-3-4-1/h3-4H,1-2,5-6H2;1-3H,(H,4,5). The molecular weight excluding hydrogens is 232 g/mol. The lowest BCUT2D eigenvalue weighted by Gasteiger charge is -2.00. The predicted molar refractivity (Wildman–Crippen MR) is 59.8 cm³/mol. The topological polar surface area (TPSA) is 81.3 Å². The molecule has 0 unspecified atom stereocenters. The van der Waals surface area contributed by atoms with Gasteiger partial charge in [-0.2, -0.15) is 8.42 Å². The molecule has 7 heteroatoms. The molecular formula is C9H14N2O4S. The number of nitrogens with one attached hydrogen (secondary N) is 1. The average Bonchev–Trinajstić information content (AvgIpc) is 2.82. The lowest BCUT2D eigenvalue weighted by Crippen LogP contribution is -2.09. The Bertz CT molecular complexity index is 337. The SMILES string of the molecule is C=CCOS(=O)(=O)OCC=C.c1c[nH]cn1. The van der Waals surface area contributed by atoms with Crippen LogP contribution in [0.1, 0.15) is 0 Å². The molecule has 6 nitrogen and oxygen atoms in total. The van der Waals surface area contributed by atoms with E-state index in [0.717, 1.165) is 0 Å². The molecule has 0 bridgehead atoms. The number of hydrogen-bond acceptors (Lipinski definition) is 5. The lowest BCUT2D eigenvalue weighted by atomic mass is 10.7. The predicted octanol–water partition coefficient (Wildman–Crippen LogP) is 1.05. The largest absolute Gasteiger partial charge is 0.400 e. The molecule has 0 fully saturated rings. The van der Waals surface area contributed by atoms with Gasteiger partial charge in [-0.25, -0.2) is 13.4 Å². The van der Waals surface area contributed by atoms with E-state index in [1.54, 1.807) is 18.7 Å². The fourth-order valence-corrected chi connectivity index (χ4v) is 1.11. The zero-order chi connectivity index (χ0) is 12.3. The van der Waals surface area contributed by atoms with E-state index in [2.05, 4.69) is 31.5 Å². The summed E-state index contributed by atoms with van der Waals surface area (Å²) in [6.45, 7) is 6.39. The maximum atomic E-state index is 10.6. The van der Waals surface area contributed by atoms with Crippen LogP contribution in [0.3, 0.4) is 0 Å². The van der Waals surface area contributed by atoms with Crippen molar-refractivity contribution in [3.63, 3.8) is 0 Å². The van der Waals surface area contributed by atoms with Crippen molar-refractivity contribution in [3.8, 4) is 0 Å². The molecule has 0 aliphatic carbocycles. The second kappa shape index (κ2) is 8.84. The summed E-state index contributed by atoms with van der Waals surface area (Å²) in [7, 11) is -3.85. The van der Waals surface area contributed by atoms with E-state index in [-0.39, 0.29) is 13.2 Å². The van der Waals surface area contributed by atoms with Crippen LogP contribution < -0.4 is 0 Å². The minimum atomic E-state index is -3.85. The van der Waals surface area contributed by atoms with Gasteiger partial charge < -0.3 is 4.98 Å². The van der Waals surface area contributed by atoms with Gasteiger partial charge in [0.2, 0.25) is 0 Å². The number of hydrogen-bond donors (Lipinski definition) is 1. The van der Waals surface area contributed by atoms with Gasteiger partial charge in [0, 0.05) is 12.4 Å². The van der Waals surface area contributed by atoms with Gasteiger partial charge in [0.1, 0.15) is 0 Å². The summed E-state index contributed by atoms with van der Waals surface area (Å²) >= 11 is 0. The third-order valence-electron chi connectivity index (χ3n) is 1.07. The first-order valence-corrected chi connectivity index (χ1v) is 5.64. The molecule has 1 aromatic rings. The summed E-state index contributed by atoms with van der Waals surface area (Å²) in [6.07, 6.45) is 7.71. The number of rotatable bonds is 6. The highest BCUT2D eigenvalue weighted by molar-refractivity contribution is 7.81. The third-order valence-corrected chi connectivity index (χ3v) is 1.92. The van der Waals surface area contributed by atoms with E-state index in [4.69, 9.17) is 0 Å². The lowest BCUT2D eigenvalue weighted by molar-refractivity contribution is 0.247. The Balaban J connectivity index is 0.000000368. The van der Waals surface area contributed by atoms with Crippen molar-refractivity contribution in [2.75, 3.05) is 13.2 Å². The van der Waals surface area contributed by atoms with Crippen molar-refractivity contribution in [2.45, 2.75) is 0 Å². The highest BCUT2D eigenvalue weighted by Gasteiger charge is 2.08. The van der Waals surface area contributed by atoms with E-state index in [0.29, 0.717) is 0 Å². The van der Waals surface area contributed by atoms with Crippen molar-refractivity contribution in [1.82, 2.24) is 9.97 Å². The average molecular weight is 246 g/mol. The Morgan fingerprint density at radius 1 is 1.25 bits per heavy atom. The Hall–Kier alpha value is -1.44. The summed E-state index contributed by atoms with van der Waals surface area (Å²) in [4.78, 5) is 6.42. The second-order valence-corrected chi connectivity index (χ2v) is 3.60. The van der Waals surface area contributed by atoms with Crippen molar-refractivity contribution >= 4 is 10.4 Å². The number of nitrogens with zero attached hydrogens (tertiary/aromatic N) is 1. The molecule has 0 amide bonds. The molecule has 0 aliphatic heterocycles. The van der Waals surface area contributed by atoms with Gasteiger partial charge in [-0.05, 0) is 0 Å². The van der Waals surface area contributed by atoms with Gasteiger partial charge in [-0.15, -0.1) is 13.2 Å². The van der Waals surface area contributed by atoms with Crippen LogP contribution in [0.15, 0.2) is 44.0 Å². The quantitative estimate of drug-likeness (QED) is 0.759. The number of imidazole rings is 1. The van der Waals surface area contributed by atoms with Crippen LogP contribution in [0, 0.1) is 0 Å². The Morgan fingerprint density at radius 3 is 2.06 bits per heavy atom. The van der Waals surface area contributed by atoms with Crippen LogP contribution in [0.5, 0.6) is 0 Å². The Labute approximate surface area is 94.9 Å². The fourth-order valence-electron chi connectivity index (χ4n) is 0.512. The summed E-state index contributed by atoms with van der Waals surface area (Å²) in [5.41, 5.74) is 0. The summed E-state index contributed by atoms with van der Waals surface area (Å²) in [5.74, 6) is 0.